The van der Waals surface area contributed by atoms with Crippen molar-refractivity contribution in [1.29, 1.82) is 0 Å². The maximum Gasteiger partial charge on any atom is 0.433 e. The Morgan fingerprint density at radius 3 is 2.55 bits per heavy atom. The van der Waals surface area contributed by atoms with E-state index in [-0.39, 0.29) is 38.6 Å². The van der Waals surface area contributed by atoms with Gasteiger partial charge >= 0.3 is 6.18 Å². The monoisotopic (exact) mass is 440 g/mol. The van der Waals surface area contributed by atoms with Crippen LogP contribution in [0.5, 0.6) is 5.75 Å². The van der Waals surface area contributed by atoms with Crippen molar-refractivity contribution in [2.24, 2.45) is 0 Å². The van der Waals surface area contributed by atoms with Crippen LogP contribution in [0.4, 0.5) is 18.9 Å². The average Bonchev–Trinajstić information content (AvgIpc) is 3.21. The van der Waals surface area contributed by atoms with Gasteiger partial charge in [0.05, 0.1) is 15.6 Å². The molecule has 0 aliphatic carbocycles. The topological polar surface area (TPSA) is 75.4 Å². The zero-order chi connectivity index (χ0) is 20.9. The number of halogens is 5. The summed E-state index contributed by atoms with van der Waals surface area (Å²) in [7, 11) is 0. The molecular formula is C19H9Cl2F3N2O3. The summed E-state index contributed by atoms with van der Waals surface area (Å²) in [6, 6.07) is 7.72. The molecule has 148 valence electrons. The van der Waals surface area contributed by atoms with Crippen molar-refractivity contribution in [1.82, 2.24) is 4.98 Å². The normalized spacial score (nSPS) is 11.9. The number of carbonyl (C=O) groups is 1. The van der Waals surface area contributed by atoms with Crippen LogP contribution in [0.25, 0.3) is 22.3 Å². The SMILES string of the molecule is O=C(Nc1ccc(Cl)c(Cl)c1)c1c(-c2ccnc(C(F)(F)F)c2)c2oc1cc2O. The Morgan fingerprint density at radius 2 is 1.86 bits per heavy atom. The zero-order valence-corrected chi connectivity index (χ0v) is 15.7. The van der Waals surface area contributed by atoms with E-state index in [2.05, 4.69) is 10.3 Å². The first-order chi connectivity index (χ1) is 13.6. The lowest BCUT2D eigenvalue weighted by Gasteiger charge is -2.10. The minimum atomic E-state index is -4.67. The Balaban J connectivity index is 1.80. The number of fused-ring (bicyclic) bond motifs is 2. The largest absolute Gasteiger partial charge is 0.504 e. The molecule has 0 fully saturated rings. The van der Waals surface area contributed by atoms with Gasteiger partial charge in [0.2, 0.25) is 0 Å². The number of benzene rings is 2. The second-order valence-corrected chi connectivity index (χ2v) is 6.90. The number of pyridine rings is 1. The van der Waals surface area contributed by atoms with Crippen LogP contribution in [-0.2, 0) is 6.18 Å². The number of alkyl halides is 3. The average molecular weight is 441 g/mol. The molecular weight excluding hydrogens is 432 g/mol. The number of carbonyl (C=O) groups excluding carboxylic acids is 1. The number of nitrogens with one attached hydrogen (secondary N) is 1. The number of phenols is 1. The molecule has 0 aliphatic rings. The Labute approximate surface area is 171 Å². The molecule has 5 nitrogen and oxygen atoms in total. The highest BCUT2D eigenvalue weighted by molar-refractivity contribution is 6.42. The van der Waals surface area contributed by atoms with Gasteiger partial charge in [-0.05, 0) is 35.9 Å². The second kappa shape index (κ2) is 6.82. The summed E-state index contributed by atoms with van der Waals surface area (Å²) in [5.41, 5.74) is -0.855. The summed E-state index contributed by atoms with van der Waals surface area (Å²) in [6.45, 7) is 0. The maximum atomic E-state index is 13.0. The molecule has 1 aromatic carbocycles. The third-order valence-electron chi connectivity index (χ3n) is 4.18. The molecule has 0 spiro atoms. The van der Waals surface area contributed by atoms with Crippen LogP contribution in [0.3, 0.4) is 0 Å². The first-order valence-electron chi connectivity index (χ1n) is 8.03. The van der Waals surface area contributed by atoms with Gasteiger partial charge in [-0.25, -0.2) is 0 Å². The van der Waals surface area contributed by atoms with Crippen molar-refractivity contribution in [2.75, 3.05) is 5.32 Å². The summed E-state index contributed by atoms with van der Waals surface area (Å²) < 4.78 is 44.5. The van der Waals surface area contributed by atoms with Crippen LogP contribution >= 0.6 is 23.2 Å². The highest BCUT2D eigenvalue weighted by Crippen LogP contribution is 2.44. The van der Waals surface area contributed by atoms with E-state index in [0.29, 0.717) is 10.7 Å². The van der Waals surface area contributed by atoms with Crippen molar-refractivity contribution >= 4 is 46.0 Å². The first kappa shape index (κ1) is 19.4. The van der Waals surface area contributed by atoms with Gasteiger partial charge in [0.1, 0.15) is 11.3 Å². The fourth-order valence-electron chi connectivity index (χ4n) is 2.93. The van der Waals surface area contributed by atoms with E-state index in [1.54, 1.807) is 0 Å². The molecule has 0 unspecified atom stereocenters. The number of hydrogen-bond donors (Lipinski definition) is 2. The predicted molar refractivity (Wildman–Crippen MR) is 102 cm³/mol. The number of nitrogens with zero attached hydrogens (tertiary/aromatic N) is 1. The molecule has 3 aromatic heterocycles. The standard InChI is InChI=1S/C19H9Cl2F3N2O3/c20-10-2-1-9(6-11(10)21)26-18(28)16-13-7-12(27)17(29-13)15(16)8-3-4-25-14(5-8)19(22,23)24/h1-7,27H,(H,26,28). The molecule has 2 N–H and O–H groups in total. The number of rotatable bonds is 3. The molecule has 10 heteroatoms. The van der Waals surface area contributed by atoms with Crippen LogP contribution in [0.1, 0.15) is 16.1 Å². The van der Waals surface area contributed by atoms with Gasteiger partial charge in [-0.1, -0.05) is 23.2 Å². The van der Waals surface area contributed by atoms with Crippen molar-refractivity contribution in [2.45, 2.75) is 6.18 Å². The smallest absolute Gasteiger partial charge is 0.433 e. The zero-order valence-electron chi connectivity index (χ0n) is 14.1. The third kappa shape index (κ3) is 3.45. The van der Waals surface area contributed by atoms with Crippen LogP contribution in [0, 0.1) is 0 Å². The number of anilines is 1. The summed E-state index contributed by atoms with van der Waals surface area (Å²) in [6.07, 6.45) is -3.70. The summed E-state index contributed by atoms with van der Waals surface area (Å²) in [5.74, 6) is -0.941. The van der Waals surface area contributed by atoms with Gasteiger partial charge < -0.3 is 14.8 Å². The summed E-state index contributed by atoms with van der Waals surface area (Å²) >= 11 is 11.8. The highest BCUT2D eigenvalue weighted by Gasteiger charge is 2.34. The van der Waals surface area contributed by atoms with Gasteiger partial charge in [0, 0.05) is 23.5 Å². The number of hydrogen-bond acceptors (Lipinski definition) is 4. The molecule has 4 rings (SSSR count). The summed E-state index contributed by atoms with van der Waals surface area (Å²) in [5, 5.41) is 13.1. The molecule has 0 radical (unpaired) electrons. The molecule has 0 saturated carbocycles. The fourth-order valence-corrected chi connectivity index (χ4v) is 3.23. The highest BCUT2D eigenvalue weighted by atomic mass is 35.5. The quantitative estimate of drug-likeness (QED) is 0.396. The van der Waals surface area contributed by atoms with E-state index < -0.39 is 17.8 Å². The molecule has 0 aliphatic heterocycles. The maximum absolute atomic E-state index is 13.0. The summed E-state index contributed by atoms with van der Waals surface area (Å²) in [4.78, 5) is 16.2. The van der Waals surface area contributed by atoms with Gasteiger partial charge in [-0.15, -0.1) is 0 Å². The van der Waals surface area contributed by atoms with E-state index in [9.17, 15) is 23.1 Å². The number of aromatic nitrogens is 1. The molecule has 3 heterocycles. The van der Waals surface area contributed by atoms with Crippen molar-refractivity contribution < 1.29 is 27.5 Å². The lowest BCUT2D eigenvalue weighted by molar-refractivity contribution is -0.141. The van der Waals surface area contributed by atoms with E-state index in [4.69, 9.17) is 27.6 Å². The Bertz CT molecular complexity index is 1240. The van der Waals surface area contributed by atoms with Crippen LogP contribution in [0.15, 0.2) is 47.0 Å². The molecule has 29 heavy (non-hydrogen) atoms. The van der Waals surface area contributed by atoms with Crippen LogP contribution in [-0.4, -0.2) is 16.0 Å². The van der Waals surface area contributed by atoms with E-state index >= 15 is 0 Å². The molecule has 0 atom stereocenters. The van der Waals surface area contributed by atoms with Gasteiger partial charge in [0.25, 0.3) is 5.91 Å². The molecule has 0 saturated heterocycles. The number of furan rings is 2. The second-order valence-electron chi connectivity index (χ2n) is 6.09. The lowest BCUT2D eigenvalue weighted by atomic mass is 9.98. The number of aromatic hydroxyl groups is 1. The lowest BCUT2D eigenvalue weighted by Crippen LogP contribution is -2.13. The van der Waals surface area contributed by atoms with Gasteiger partial charge in [-0.2, -0.15) is 13.2 Å². The van der Waals surface area contributed by atoms with Crippen LogP contribution < -0.4 is 5.32 Å². The minimum absolute atomic E-state index is 0.0235. The third-order valence-corrected chi connectivity index (χ3v) is 4.92. The first-order valence-corrected chi connectivity index (χ1v) is 8.78. The predicted octanol–water partition coefficient (Wildman–Crippen LogP) is 6.22. The Kier molecular flexibility index (Phi) is 4.55. The van der Waals surface area contributed by atoms with Crippen LogP contribution in [0.2, 0.25) is 10.0 Å². The molecule has 1 amide bonds. The van der Waals surface area contributed by atoms with Crippen molar-refractivity contribution in [3.63, 3.8) is 0 Å². The van der Waals surface area contributed by atoms with Crippen molar-refractivity contribution in [3.8, 4) is 16.9 Å². The van der Waals surface area contributed by atoms with E-state index in [1.807, 2.05) is 0 Å². The number of amides is 1. The number of phenolic OH excluding ortho intramolecular Hbond substituents is 1. The van der Waals surface area contributed by atoms with Crippen molar-refractivity contribution in [3.05, 3.63) is 63.9 Å². The van der Waals surface area contributed by atoms with Gasteiger partial charge in [0.15, 0.2) is 11.3 Å². The molecule has 4 aromatic rings. The Hall–Kier alpha value is -2.97. The van der Waals surface area contributed by atoms with E-state index in [0.717, 1.165) is 12.3 Å². The van der Waals surface area contributed by atoms with Gasteiger partial charge in [-0.3, -0.25) is 9.78 Å². The van der Waals surface area contributed by atoms with E-state index in [1.165, 1.54) is 30.3 Å². The minimum Gasteiger partial charge on any atom is -0.504 e. The fraction of sp³-hybridized carbons (Fsp3) is 0.0526. The molecule has 2 bridgehead atoms. The Morgan fingerprint density at radius 1 is 1.10 bits per heavy atom.